The Morgan fingerprint density at radius 1 is 0.393 bits per heavy atom. The summed E-state index contributed by atoms with van der Waals surface area (Å²) in [5.74, 6) is 4.60. The first-order chi connectivity index (χ1) is 29.9. The van der Waals surface area contributed by atoms with E-state index in [1.165, 1.54) is 96.7 Å². The van der Waals surface area contributed by atoms with Gasteiger partial charge in [0.2, 0.25) is 0 Å². The molecule has 2 heterocycles. The molecular weight excluding hydrogens is 775 g/mol. The summed E-state index contributed by atoms with van der Waals surface area (Å²) in [7, 11) is -0.181. The molecule has 0 saturated heterocycles. The van der Waals surface area contributed by atoms with Crippen LogP contribution in [0.3, 0.4) is 0 Å². The van der Waals surface area contributed by atoms with E-state index in [2.05, 4.69) is 225 Å². The highest BCUT2D eigenvalue weighted by atomic mass is 32.2. The normalized spacial score (nSPS) is 14.4. The minimum atomic E-state index is -0.181. The molecule has 12 rings (SSSR count). The number of benzene rings is 9. The zero-order chi connectivity index (χ0) is 40.8. The fourth-order valence-corrected chi connectivity index (χ4v) is 12.6. The van der Waals surface area contributed by atoms with Crippen molar-refractivity contribution >= 4 is 64.9 Å². The van der Waals surface area contributed by atoms with E-state index >= 15 is 0 Å². The van der Waals surface area contributed by atoms with Crippen molar-refractivity contribution in [3.63, 3.8) is 0 Å². The average Bonchev–Trinajstić information content (AvgIpc) is 3.90. The van der Waals surface area contributed by atoms with Gasteiger partial charge in [0, 0.05) is 52.4 Å². The van der Waals surface area contributed by atoms with E-state index in [1.54, 1.807) is 0 Å². The quantitative estimate of drug-likeness (QED) is 0.151. The van der Waals surface area contributed by atoms with Gasteiger partial charge in [0.05, 0.1) is 0 Å². The fourth-order valence-electron chi connectivity index (χ4n) is 9.90. The van der Waals surface area contributed by atoms with Gasteiger partial charge in [0.15, 0.2) is 0 Å². The van der Waals surface area contributed by atoms with Crippen LogP contribution < -0.4 is 4.90 Å². The first-order valence-electron chi connectivity index (χ1n) is 20.9. The van der Waals surface area contributed by atoms with E-state index in [0.717, 1.165) is 17.1 Å². The Labute approximate surface area is 363 Å². The van der Waals surface area contributed by atoms with E-state index in [0.29, 0.717) is 0 Å². The lowest BCUT2D eigenvalue weighted by atomic mass is 9.82. The zero-order valence-electron chi connectivity index (χ0n) is 34.0. The predicted molar refractivity (Wildman–Crippen MR) is 265 cm³/mol. The molecule has 290 valence electrons. The Kier molecular flexibility index (Phi) is 8.22. The molecule has 1 aliphatic heterocycles. The summed E-state index contributed by atoms with van der Waals surface area (Å²) in [6.45, 7) is 4.72. The van der Waals surface area contributed by atoms with Gasteiger partial charge in [-0.05, 0) is 140 Å². The summed E-state index contributed by atoms with van der Waals surface area (Å²) in [6, 6.07) is 74.4. The first kappa shape index (κ1) is 36.1. The second kappa shape index (κ2) is 13.9. The molecule has 1 atom stereocenters. The maximum Gasteiger partial charge on any atom is 0.0465 e. The summed E-state index contributed by atoms with van der Waals surface area (Å²) in [6.07, 6.45) is 0. The van der Waals surface area contributed by atoms with Gasteiger partial charge in [-0.25, -0.2) is 0 Å². The van der Waals surface area contributed by atoms with Crippen LogP contribution in [-0.2, 0) is 5.41 Å². The average molecular weight is 816 g/mol. The van der Waals surface area contributed by atoms with Gasteiger partial charge in [0.1, 0.15) is 0 Å². The highest BCUT2D eigenvalue weighted by Crippen LogP contribution is 2.54. The lowest BCUT2D eigenvalue weighted by Gasteiger charge is -2.28. The lowest BCUT2D eigenvalue weighted by molar-refractivity contribution is 0.660. The standard InChI is InChI=1S/C58H41NS2/c1-58(2)52-18-10-7-15-44(52)45-31-30-43(34-53(45)58)59(41-26-21-38(22-27-41)37-13-5-4-6-14-37)42-28-23-39(24-29-42)49-36-55-50(46-16-8-11-19-54(46)60-55)35-48(49)40-25-32-57-51(33-40)47-17-9-12-20-56(47)61(57)3/h4-36H,3H2,1-2H3. The van der Waals surface area contributed by atoms with E-state index in [9.17, 15) is 0 Å². The summed E-state index contributed by atoms with van der Waals surface area (Å²) < 4.78 is 2.62. The summed E-state index contributed by atoms with van der Waals surface area (Å²) in [5.41, 5.74) is 18.6. The fraction of sp³-hybridized carbons (Fsp3) is 0.0517. The molecular formula is C58H41NS2. The Bertz CT molecular complexity index is 3390. The molecule has 3 heteroatoms. The summed E-state index contributed by atoms with van der Waals surface area (Å²) >= 11 is 1.88. The van der Waals surface area contributed by atoms with Crippen LogP contribution in [0.2, 0.25) is 0 Å². The molecule has 2 aliphatic rings. The van der Waals surface area contributed by atoms with Crippen molar-refractivity contribution in [1.29, 1.82) is 0 Å². The number of anilines is 3. The largest absolute Gasteiger partial charge is 0.310 e. The third-order valence-electron chi connectivity index (χ3n) is 13.0. The molecule has 61 heavy (non-hydrogen) atoms. The van der Waals surface area contributed by atoms with Gasteiger partial charge >= 0.3 is 0 Å². The van der Waals surface area contributed by atoms with Crippen LogP contribution in [0.1, 0.15) is 25.0 Å². The van der Waals surface area contributed by atoms with Crippen LogP contribution in [0.4, 0.5) is 17.1 Å². The van der Waals surface area contributed by atoms with Crippen molar-refractivity contribution in [2.24, 2.45) is 0 Å². The maximum absolute atomic E-state index is 4.60. The van der Waals surface area contributed by atoms with Crippen LogP contribution in [0, 0.1) is 0 Å². The first-order valence-corrected chi connectivity index (χ1v) is 23.2. The monoisotopic (exact) mass is 815 g/mol. The van der Waals surface area contributed by atoms with E-state index < -0.39 is 0 Å². The van der Waals surface area contributed by atoms with Crippen molar-refractivity contribution in [1.82, 2.24) is 0 Å². The Morgan fingerprint density at radius 3 is 1.79 bits per heavy atom. The molecule has 0 spiro atoms. The van der Waals surface area contributed by atoms with Crippen molar-refractivity contribution in [2.75, 3.05) is 4.90 Å². The number of rotatable bonds is 6. The van der Waals surface area contributed by atoms with Gasteiger partial charge in [-0.15, -0.1) is 21.8 Å². The van der Waals surface area contributed by atoms with Crippen molar-refractivity contribution < 1.29 is 0 Å². The zero-order valence-corrected chi connectivity index (χ0v) is 35.7. The second-order valence-corrected chi connectivity index (χ2v) is 19.5. The van der Waals surface area contributed by atoms with Gasteiger partial charge in [-0.3, -0.25) is 0 Å². The summed E-state index contributed by atoms with van der Waals surface area (Å²) in [5, 5.41) is 2.62. The van der Waals surface area contributed by atoms with Crippen LogP contribution >= 0.6 is 21.8 Å². The molecule has 1 nitrogen and oxygen atoms in total. The Balaban J connectivity index is 1.00. The molecule has 1 aromatic heterocycles. The smallest absolute Gasteiger partial charge is 0.0465 e. The molecule has 1 unspecified atom stereocenters. The molecule has 1 aliphatic carbocycles. The van der Waals surface area contributed by atoms with Gasteiger partial charge in [-0.1, -0.05) is 147 Å². The lowest BCUT2D eigenvalue weighted by Crippen LogP contribution is -2.16. The maximum atomic E-state index is 4.60. The number of hydrogen-bond acceptors (Lipinski definition) is 2. The van der Waals surface area contributed by atoms with Gasteiger partial charge < -0.3 is 4.90 Å². The molecule has 0 saturated carbocycles. The third-order valence-corrected chi connectivity index (χ3v) is 15.9. The van der Waals surface area contributed by atoms with E-state index in [4.69, 9.17) is 0 Å². The number of nitrogens with zero attached hydrogens (tertiary/aromatic N) is 1. The Morgan fingerprint density at radius 2 is 0.984 bits per heavy atom. The molecule has 0 fully saturated rings. The van der Waals surface area contributed by atoms with Crippen molar-refractivity contribution in [2.45, 2.75) is 29.1 Å². The Hall–Kier alpha value is -6.78. The van der Waals surface area contributed by atoms with E-state index in [-0.39, 0.29) is 15.9 Å². The second-order valence-electron chi connectivity index (χ2n) is 16.8. The molecule has 9 aromatic carbocycles. The van der Waals surface area contributed by atoms with Crippen molar-refractivity contribution in [3.05, 3.63) is 211 Å². The number of hydrogen-bond donors (Lipinski definition) is 0. The number of fused-ring (bicyclic) bond motifs is 9. The minimum absolute atomic E-state index is 0.106. The molecule has 0 amide bonds. The SMILES string of the molecule is C=S1c2ccccc2-c2cc(-c3cc4c(cc3-c3ccc(N(c5ccc(-c6ccccc6)cc5)c5ccc6c(c5)C(C)(C)c5ccccc5-6)cc3)sc3ccccc34)ccc21. The highest BCUT2D eigenvalue weighted by Gasteiger charge is 2.36. The van der Waals surface area contributed by atoms with Crippen molar-refractivity contribution in [3.8, 4) is 55.6 Å². The van der Waals surface area contributed by atoms with E-state index in [1.807, 2.05) is 11.3 Å². The number of thiophene rings is 1. The van der Waals surface area contributed by atoms with Crippen LogP contribution in [-0.4, -0.2) is 5.87 Å². The van der Waals surface area contributed by atoms with Crippen LogP contribution in [0.25, 0.3) is 75.8 Å². The highest BCUT2D eigenvalue weighted by molar-refractivity contribution is 8.14. The summed E-state index contributed by atoms with van der Waals surface area (Å²) in [4.78, 5) is 5.08. The third kappa shape index (κ3) is 5.72. The topological polar surface area (TPSA) is 3.24 Å². The molecule has 0 N–H and O–H groups in total. The van der Waals surface area contributed by atoms with Gasteiger partial charge in [0.25, 0.3) is 0 Å². The van der Waals surface area contributed by atoms with Crippen LogP contribution in [0.15, 0.2) is 210 Å². The van der Waals surface area contributed by atoms with Crippen LogP contribution in [0.5, 0.6) is 0 Å². The molecule has 10 aromatic rings. The predicted octanol–water partition coefficient (Wildman–Crippen LogP) is 16.9. The van der Waals surface area contributed by atoms with Gasteiger partial charge in [-0.2, -0.15) is 0 Å². The molecule has 0 radical (unpaired) electrons. The minimum Gasteiger partial charge on any atom is -0.310 e. The molecule has 0 bridgehead atoms.